The number of hydrogen-bond donors (Lipinski definition) is 3. The predicted octanol–water partition coefficient (Wildman–Crippen LogP) is 0.823. The summed E-state index contributed by atoms with van der Waals surface area (Å²) in [5.74, 6) is 0.744. The second kappa shape index (κ2) is 5.85. The first-order chi connectivity index (χ1) is 9.17. The molecule has 1 aromatic carbocycles. The molecule has 4 N–H and O–H groups in total. The molecule has 0 unspecified atom stereocenters. The van der Waals surface area contributed by atoms with Crippen LogP contribution in [0.5, 0.6) is 11.8 Å². The number of hydrogen-bond acceptors (Lipinski definition) is 7. The van der Waals surface area contributed by atoms with Gasteiger partial charge in [0, 0.05) is 6.54 Å². The van der Waals surface area contributed by atoms with E-state index < -0.39 is 0 Å². The number of phenolic OH excluding ortho intramolecular Hbond substituents is 1. The molecule has 0 aliphatic heterocycles. The van der Waals surface area contributed by atoms with Gasteiger partial charge in [-0.2, -0.15) is 15.0 Å². The quantitative estimate of drug-likeness (QED) is 0.731. The van der Waals surface area contributed by atoms with Crippen molar-refractivity contribution in [2.45, 2.75) is 6.42 Å². The molecule has 2 rings (SSSR count). The standard InChI is InChI=1S/C12H15N5O2/c1-19-12-16-10(13)15-11(17-12)14-7-6-8-2-4-9(18)5-3-8/h2-5,18H,6-7H2,1H3,(H3,13,14,15,16,17). The molecule has 0 atom stereocenters. The van der Waals surface area contributed by atoms with E-state index in [0.717, 1.165) is 12.0 Å². The fraction of sp³-hybridized carbons (Fsp3) is 0.250. The van der Waals surface area contributed by atoms with E-state index in [9.17, 15) is 5.11 Å². The first-order valence-corrected chi connectivity index (χ1v) is 5.74. The van der Waals surface area contributed by atoms with Crippen LogP contribution in [0.3, 0.4) is 0 Å². The Hall–Kier alpha value is -2.57. The van der Waals surface area contributed by atoms with Gasteiger partial charge in [-0.15, -0.1) is 0 Å². The zero-order chi connectivity index (χ0) is 13.7. The molecule has 2 aromatic rings. The molecular weight excluding hydrogens is 246 g/mol. The van der Waals surface area contributed by atoms with Crippen LogP contribution in [0.2, 0.25) is 0 Å². The lowest BCUT2D eigenvalue weighted by Crippen LogP contribution is -2.10. The topological polar surface area (TPSA) is 106 Å². The number of aromatic hydroxyl groups is 1. The van der Waals surface area contributed by atoms with E-state index in [-0.39, 0.29) is 17.7 Å². The summed E-state index contributed by atoms with van der Waals surface area (Å²) in [5, 5.41) is 12.2. The van der Waals surface area contributed by atoms with E-state index in [4.69, 9.17) is 10.5 Å². The van der Waals surface area contributed by atoms with Crippen molar-refractivity contribution in [2.75, 3.05) is 24.7 Å². The van der Waals surface area contributed by atoms with Crippen molar-refractivity contribution < 1.29 is 9.84 Å². The van der Waals surface area contributed by atoms with Crippen molar-refractivity contribution in [1.82, 2.24) is 15.0 Å². The highest BCUT2D eigenvalue weighted by Gasteiger charge is 2.03. The molecule has 1 aromatic heterocycles. The van der Waals surface area contributed by atoms with Gasteiger partial charge in [0.1, 0.15) is 5.75 Å². The lowest BCUT2D eigenvalue weighted by atomic mass is 10.1. The lowest BCUT2D eigenvalue weighted by molar-refractivity contribution is 0.379. The predicted molar refractivity (Wildman–Crippen MR) is 71.1 cm³/mol. The summed E-state index contributed by atoms with van der Waals surface area (Å²) in [6.45, 7) is 0.636. The van der Waals surface area contributed by atoms with E-state index in [0.29, 0.717) is 12.5 Å². The van der Waals surface area contributed by atoms with Gasteiger partial charge in [0.05, 0.1) is 7.11 Å². The molecule has 100 valence electrons. The van der Waals surface area contributed by atoms with E-state index >= 15 is 0 Å². The van der Waals surface area contributed by atoms with Gasteiger partial charge in [0.15, 0.2) is 0 Å². The third-order valence-electron chi connectivity index (χ3n) is 2.45. The minimum absolute atomic E-state index is 0.110. The molecule has 0 bridgehead atoms. The van der Waals surface area contributed by atoms with Crippen LogP contribution in [-0.2, 0) is 6.42 Å². The Bertz CT molecular complexity index is 544. The van der Waals surface area contributed by atoms with Gasteiger partial charge in [-0.05, 0) is 24.1 Å². The number of nitrogen functional groups attached to an aromatic ring is 1. The van der Waals surface area contributed by atoms with Crippen molar-refractivity contribution in [2.24, 2.45) is 0 Å². The zero-order valence-electron chi connectivity index (χ0n) is 10.5. The van der Waals surface area contributed by atoms with Crippen LogP contribution in [-0.4, -0.2) is 33.7 Å². The van der Waals surface area contributed by atoms with Crippen molar-refractivity contribution in [3.05, 3.63) is 29.8 Å². The van der Waals surface area contributed by atoms with E-state index in [1.807, 2.05) is 12.1 Å². The monoisotopic (exact) mass is 261 g/mol. The first-order valence-electron chi connectivity index (χ1n) is 5.74. The number of benzene rings is 1. The Morgan fingerprint density at radius 1 is 1.21 bits per heavy atom. The van der Waals surface area contributed by atoms with E-state index in [2.05, 4.69) is 20.3 Å². The Labute approximate surface area is 110 Å². The number of nitrogens with zero attached hydrogens (tertiary/aromatic N) is 3. The fourth-order valence-electron chi connectivity index (χ4n) is 1.52. The first kappa shape index (κ1) is 12.9. The minimum Gasteiger partial charge on any atom is -0.508 e. The number of aromatic nitrogens is 3. The number of anilines is 2. The van der Waals surface area contributed by atoms with E-state index in [1.165, 1.54) is 7.11 Å². The highest BCUT2D eigenvalue weighted by Crippen LogP contribution is 2.11. The average Bonchev–Trinajstić information content (AvgIpc) is 2.40. The third kappa shape index (κ3) is 3.70. The van der Waals surface area contributed by atoms with Crippen LogP contribution < -0.4 is 15.8 Å². The van der Waals surface area contributed by atoms with E-state index in [1.54, 1.807) is 12.1 Å². The number of phenols is 1. The molecule has 7 heteroatoms. The summed E-state index contributed by atoms with van der Waals surface area (Å²) in [7, 11) is 1.47. The van der Waals surface area contributed by atoms with Gasteiger partial charge in [-0.1, -0.05) is 12.1 Å². The number of nitrogens with one attached hydrogen (secondary N) is 1. The van der Waals surface area contributed by atoms with Gasteiger partial charge in [-0.25, -0.2) is 0 Å². The maximum absolute atomic E-state index is 9.18. The molecule has 0 amide bonds. The van der Waals surface area contributed by atoms with Crippen molar-refractivity contribution in [3.63, 3.8) is 0 Å². The average molecular weight is 261 g/mol. The molecule has 0 spiro atoms. The third-order valence-corrected chi connectivity index (χ3v) is 2.45. The van der Waals surface area contributed by atoms with Crippen LogP contribution in [0, 0.1) is 0 Å². The van der Waals surface area contributed by atoms with Crippen LogP contribution >= 0.6 is 0 Å². The van der Waals surface area contributed by atoms with Crippen LogP contribution in [0.1, 0.15) is 5.56 Å². The maximum Gasteiger partial charge on any atom is 0.322 e. The van der Waals surface area contributed by atoms with Crippen LogP contribution in [0.15, 0.2) is 24.3 Å². The highest BCUT2D eigenvalue weighted by molar-refractivity contribution is 5.33. The molecule has 0 aliphatic rings. The van der Waals surface area contributed by atoms with Crippen molar-refractivity contribution in [1.29, 1.82) is 0 Å². The normalized spacial score (nSPS) is 10.2. The molecular formula is C12H15N5O2. The summed E-state index contributed by atoms with van der Waals surface area (Å²) in [5.41, 5.74) is 6.62. The van der Waals surface area contributed by atoms with Gasteiger partial charge < -0.3 is 20.9 Å². The summed E-state index contributed by atoms with van der Waals surface area (Å²) in [4.78, 5) is 11.8. The number of ether oxygens (including phenoxy) is 1. The largest absolute Gasteiger partial charge is 0.508 e. The zero-order valence-corrected chi connectivity index (χ0v) is 10.5. The highest BCUT2D eigenvalue weighted by atomic mass is 16.5. The second-order valence-electron chi connectivity index (χ2n) is 3.85. The van der Waals surface area contributed by atoms with Crippen molar-refractivity contribution >= 4 is 11.9 Å². The Morgan fingerprint density at radius 2 is 1.95 bits per heavy atom. The molecule has 0 saturated heterocycles. The molecule has 7 nitrogen and oxygen atoms in total. The summed E-state index contributed by atoms with van der Waals surface area (Å²) in [6, 6.07) is 7.21. The van der Waals surface area contributed by atoms with Gasteiger partial charge in [0.25, 0.3) is 0 Å². The maximum atomic E-state index is 9.18. The molecule has 0 radical (unpaired) electrons. The Morgan fingerprint density at radius 3 is 2.63 bits per heavy atom. The minimum atomic E-state index is 0.110. The molecule has 0 aliphatic carbocycles. The van der Waals surface area contributed by atoms with Crippen LogP contribution in [0.4, 0.5) is 11.9 Å². The Balaban J connectivity index is 1.92. The number of rotatable bonds is 5. The molecule has 1 heterocycles. The lowest BCUT2D eigenvalue weighted by Gasteiger charge is -2.06. The number of nitrogens with two attached hydrogens (primary N) is 1. The molecule has 0 fully saturated rings. The Kier molecular flexibility index (Phi) is 3.97. The summed E-state index contributed by atoms with van der Waals surface area (Å²) < 4.78 is 4.90. The second-order valence-corrected chi connectivity index (χ2v) is 3.85. The molecule has 19 heavy (non-hydrogen) atoms. The van der Waals surface area contributed by atoms with Gasteiger partial charge >= 0.3 is 6.01 Å². The smallest absolute Gasteiger partial charge is 0.322 e. The van der Waals surface area contributed by atoms with Crippen molar-refractivity contribution in [3.8, 4) is 11.8 Å². The number of methoxy groups -OCH3 is 1. The van der Waals surface area contributed by atoms with Gasteiger partial charge in [0.2, 0.25) is 11.9 Å². The molecule has 0 saturated carbocycles. The summed E-state index contributed by atoms with van der Waals surface area (Å²) >= 11 is 0. The van der Waals surface area contributed by atoms with Crippen LogP contribution in [0.25, 0.3) is 0 Å². The SMILES string of the molecule is COc1nc(N)nc(NCCc2ccc(O)cc2)n1. The summed E-state index contributed by atoms with van der Waals surface area (Å²) in [6.07, 6.45) is 0.772. The fourth-order valence-corrected chi connectivity index (χ4v) is 1.52. The van der Waals surface area contributed by atoms with Gasteiger partial charge in [-0.3, -0.25) is 0 Å².